The number of carboxylic acids is 1. The Hall–Kier alpha value is -1.53. The van der Waals surface area contributed by atoms with Crippen molar-refractivity contribution in [1.29, 1.82) is 0 Å². The molecule has 5 nitrogen and oxygen atoms in total. The Morgan fingerprint density at radius 3 is 2.67 bits per heavy atom. The molecule has 2 rings (SSSR count). The number of halogens is 2. The Bertz CT molecular complexity index is 705. The Morgan fingerprint density at radius 1 is 1.46 bits per heavy atom. The summed E-state index contributed by atoms with van der Waals surface area (Å²) in [5.41, 5.74) is 1.17. The summed E-state index contributed by atoms with van der Waals surface area (Å²) in [4.78, 5) is 24.7. The van der Waals surface area contributed by atoms with Gasteiger partial charge in [-0.25, -0.2) is 4.79 Å². The molecule has 0 unspecified atom stereocenters. The number of urea groups is 1. The number of benzene rings is 1. The van der Waals surface area contributed by atoms with Gasteiger partial charge in [0.25, 0.3) is 0 Å². The number of carboxylic acid groups (broad SMARTS) is 1. The van der Waals surface area contributed by atoms with Gasteiger partial charge in [0.05, 0.1) is 17.0 Å². The van der Waals surface area contributed by atoms with Gasteiger partial charge in [0.1, 0.15) is 0 Å². The minimum absolute atomic E-state index is 0.101. The van der Waals surface area contributed by atoms with Crippen molar-refractivity contribution in [3.05, 3.63) is 45.0 Å². The van der Waals surface area contributed by atoms with Gasteiger partial charge in [-0.3, -0.25) is 4.79 Å². The summed E-state index contributed by atoms with van der Waals surface area (Å²) < 4.78 is 0.789. The van der Waals surface area contributed by atoms with Crippen molar-refractivity contribution in [2.24, 2.45) is 5.92 Å². The SMILES string of the molecule is CC(C)C1=CN(CCC(=O)O)C(=O)N[C@@]1(C)c1ccc(Br)c(Cl)c1. The van der Waals surface area contributed by atoms with Crippen molar-refractivity contribution < 1.29 is 14.7 Å². The molecular formula is C17H20BrClN2O3. The molecule has 0 bridgehead atoms. The highest BCUT2D eigenvalue weighted by atomic mass is 79.9. The molecule has 1 aromatic rings. The molecule has 2 amide bonds. The van der Waals surface area contributed by atoms with Crippen LogP contribution in [0.4, 0.5) is 4.79 Å². The smallest absolute Gasteiger partial charge is 0.322 e. The molecule has 24 heavy (non-hydrogen) atoms. The van der Waals surface area contributed by atoms with Gasteiger partial charge < -0.3 is 15.3 Å². The maximum atomic E-state index is 12.5. The summed E-state index contributed by atoms with van der Waals surface area (Å²) in [5, 5.41) is 12.4. The third-order valence-corrected chi connectivity index (χ3v) is 5.41. The standard InChI is InChI=1S/C17H20BrClN2O3/c1-10(2)12-9-21(7-6-15(22)23)16(24)20-17(12,3)11-4-5-13(18)14(19)8-11/h4-5,8-10H,6-7H2,1-3H3,(H,20,24)(H,22,23)/t17-/m0/s1. The second-order valence-electron chi connectivity index (χ2n) is 6.26. The fourth-order valence-electron chi connectivity index (χ4n) is 2.87. The quantitative estimate of drug-likeness (QED) is 0.751. The summed E-state index contributed by atoms with van der Waals surface area (Å²) >= 11 is 9.59. The molecule has 0 fully saturated rings. The number of rotatable bonds is 5. The lowest BCUT2D eigenvalue weighted by atomic mass is 9.78. The average Bonchev–Trinajstić information content (AvgIpc) is 2.48. The highest BCUT2D eigenvalue weighted by molar-refractivity contribution is 9.10. The molecular weight excluding hydrogens is 396 g/mol. The molecule has 7 heteroatoms. The molecule has 130 valence electrons. The second kappa shape index (κ2) is 7.15. The van der Waals surface area contributed by atoms with Crippen molar-refractivity contribution in [3.63, 3.8) is 0 Å². The fraction of sp³-hybridized carbons (Fsp3) is 0.412. The molecule has 1 heterocycles. The first-order valence-corrected chi connectivity index (χ1v) is 8.80. The number of carbonyl (C=O) groups excluding carboxylic acids is 1. The third-order valence-electron chi connectivity index (χ3n) is 4.18. The van der Waals surface area contributed by atoms with E-state index in [4.69, 9.17) is 16.7 Å². The number of hydrogen-bond acceptors (Lipinski definition) is 2. The van der Waals surface area contributed by atoms with Crippen LogP contribution in [0.2, 0.25) is 5.02 Å². The van der Waals surface area contributed by atoms with Crippen LogP contribution < -0.4 is 5.32 Å². The summed E-state index contributed by atoms with van der Waals surface area (Å²) in [7, 11) is 0. The first kappa shape index (κ1) is 18.8. The molecule has 1 aliphatic rings. The van der Waals surface area contributed by atoms with E-state index in [1.54, 1.807) is 6.20 Å². The van der Waals surface area contributed by atoms with E-state index < -0.39 is 11.5 Å². The van der Waals surface area contributed by atoms with Crippen molar-refractivity contribution in [2.45, 2.75) is 32.7 Å². The number of aliphatic carboxylic acids is 1. The van der Waals surface area contributed by atoms with E-state index in [0.717, 1.165) is 15.6 Å². The van der Waals surface area contributed by atoms with Gasteiger partial charge in [-0.05, 0) is 52.0 Å². The first-order valence-electron chi connectivity index (χ1n) is 7.63. The highest BCUT2D eigenvalue weighted by Crippen LogP contribution is 2.38. The third kappa shape index (κ3) is 3.75. The monoisotopic (exact) mass is 414 g/mol. The van der Waals surface area contributed by atoms with E-state index in [9.17, 15) is 9.59 Å². The van der Waals surface area contributed by atoms with Crippen LogP contribution in [-0.2, 0) is 10.3 Å². The van der Waals surface area contributed by atoms with E-state index in [2.05, 4.69) is 21.2 Å². The van der Waals surface area contributed by atoms with Crippen LogP contribution in [0.15, 0.2) is 34.4 Å². The van der Waals surface area contributed by atoms with Crippen LogP contribution in [0.5, 0.6) is 0 Å². The van der Waals surface area contributed by atoms with Crippen LogP contribution in [-0.4, -0.2) is 28.6 Å². The molecule has 1 atom stereocenters. The molecule has 2 N–H and O–H groups in total. The molecule has 0 aromatic heterocycles. The number of nitrogens with zero attached hydrogens (tertiary/aromatic N) is 1. The number of nitrogens with one attached hydrogen (secondary N) is 1. The second-order valence-corrected chi connectivity index (χ2v) is 7.52. The predicted octanol–water partition coefficient (Wildman–Crippen LogP) is 4.36. The molecule has 0 spiro atoms. The molecule has 0 saturated carbocycles. The van der Waals surface area contributed by atoms with E-state index in [0.29, 0.717) is 5.02 Å². The van der Waals surface area contributed by atoms with E-state index in [1.165, 1.54) is 4.90 Å². The summed E-state index contributed by atoms with van der Waals surface area (Å²) in [6.07, 6.45) is 1.67. The van der Waals surface area contributed by atoms with E-state index >= 15 is 0 Å². The van der Waals surface area contributed by atoms with Crippen molar-refractivity contribution in [1.82, 2.24) is 10.2 Å². The van der Waals surface area contributed by atoms with Gasteiger partial charge in [0.2, 0.25) is 0 Å². The maximum Gasteiger partial charge on any atom is 0.322 e. The highest BCUT2D eigenvalue weighted by Gasteiger charge is 2.39. The topological polar surface area (TPSA) is 69.6 Å². The minimum Gasteiger partial charge on any atom is -0.481 e. The van der Waals surface area contributed by atoms with Crippen LogP contribution in [0.3, 0.4) is 0 Å². The van der Waals surface area contributed by atoms with Gasteiger partial charge in [0.15, 0.2) is 0 Å². The molecule has 1 aliphatic heterocycles. The lowest BCUT2D eigenvalue weighted by molar-refractivity contribution is -0.137. The largest absolute Gasteiger partial charge is 0.481 e. The van der Waals surface area contributed by atoms with Gasteiger partial charge >= 0.3 is 12.0 Å². The maximum absolute atomic E-state index is 12.5. The number of hydrogen-bond donors (Lipinski definition) is 2. The number of carbonyl (C=O) groups is 2. The number of amides is 2. The fourth-order valence-corrected chi connectivity index (χ4v) is 3.30. The normalized spacial score (nSPS) is 20.8. The molecule has 0 radical (unpaired) electrons. The Kier molecular flexibility index (Phi) is 5.60. The average molecular weight is 416 g/mol. The lowest BCUT2D eigenvalue weighted by Gasteiger charge is -2.42. The van der Waals surface area contributed by atoms with Gasteiger partial charge in [-0.2, -0.15) is 0 Å². The molecule has 0 aliphatic carbocycles. The summed E-state index contributed by atoms with van der Waals surface area (Å²) in [6.45, 7) is 6.15. The zero-order valence-corrected chi connectivity index (χ0v) is 16.1. The summed E-state index contributed by atoms with van der Waals surface area (Å²) in [5.74, 6) is -0.777. The minimum atomic E-state index is -0.935. The van der Waals surface area contributed by atoms with Crippen molar-refractivity contribution in [2.75, 3.05) is 6.54 Å². The van der Waals surface area contributed by atoms with E-state index in [1.807, 2.05) is 39.0 Å². The zero-order valence-electron chi connectivity index (χ0n) is 13.8. The van der Waals surface area contributed by atoms with Crippen molar-refractivity contribution in [3.8, 4) is 0 Å². The Morgan fingerprint density at radius 2 is 2.12 bits per heavy atom. The Balaban J connectivity index is 2.45. The molecule has 0 saturated heterocycles. The predicted molar refractivity (Wildman–Crippen MR) is 96.9 cm³/mol. The van der Waals surface area contributed by atoms with Crippen LogP contribution in [0.1, 0.15) is 32.8 Å². The van der Waals surface area contributed by atoms with E-state index in [-0.39, 0.29) is 24.9 Å². The lowest BCUT2D eigenvalue weighted by Crippen LogP contribution is -2.54. The van der Waals surface area contributed by atoms with Gasteiger partial charge in [-0.1, -0.05) is 31.5 Å². The first-order chi connectivity index (χ1) is 11.1. The van der Waals surface area contributed by atoms with Crippen LogP contribution in [0.25, 0.3) is 0 Å². The van der Waals surface area contributed by atoms with Crippen LogP contribution in [0, 0.1) is 5.92 Å². The zero-order chi connectivity index (χ0) is 18.1. The van der Waals surface area contributed by atoms with Crippen LogP contribution >= 0.6 is 27.5 Å². The van der Waals surface area contributed by atoms with Crippen molar-refractivity contribution >= 4 is 39.5 Å². The summed E-state index contributed by atoms with van der Waals surface area (Å²) in [6, 6.07) is 5.28. The van der Waals surface area contributed by atoms with Gasteiger partial charge in [-0.15, -0.1) is 0 Å². The Labute approximate surface area is 154 Å². The molecule has 1 aromatic carbocycles. The van der Waals surface area contributed by atoms with Gasteiger partial charge in [0, 0.05) is 17.2 Å².